The van der Waals surface area contributed by atoms with Crippen molar-refractivity contribution in [2.24, 2.45) is 0 Å². The summed E-state index contributed by atoms with van der Waals surface area (Å²) in [5.74, 6) is 0. The van der Waals surface area contributed by atoms with Crippen molar-refractivity contribution in [3.8, 4) is 0 Å². The van der Waals surface area contributed by atoms with Crippen LogP contribution < -0.4 is 5.73 Å². The predicted octanol–water partition coefficient (Wildman–Crippen LogP) is 1.71. The number of aldehydes is 1. The molecule has 2 N–H and O–H groups in total. The average molecular weight is 155 g/mol. The van der Waals surface area contributed by atoms with Gasteiger partial charge in [-0.2, -0.15) is 0 Å². The van der Waals surface area contributed by atoms with Gasteiger partial charge in [0.2, 0.25) is 0 Å². The average Bonchev–Trinajstić information content (AvgIpc) is 2.30. The Kier molecular flexibility index (Phi) is 2.06. The predicted molar refractivity (Wildman–Crippen MR) is 43.5 cm³/mol. The normalized spacial score (nSPS) is 9.70. The van der Waals surface area contributed by atoms with E-state index in [9.17, 15) is 4.79 Å². The molecule has 3 heteroatoms. The van der Waals surface area contributed by atoms with Crippen LogP contribution in [0.5, 0.6) is 0 Å². The quantitative estimate of drug-likeness (QED) is 0.660. The van der Waals surface area contributed by atoms with Gasteiger partial charge in [0.15, 0.2) is 6.29 Å². The van der Waals surface area contributed by atoms with Crippen LogP contribution in [0, 0.1) is 0 Å². The fourth-order valence-electron chi connectivity index (χ4n) is 0.889. The monoisotopic (exact) mass is 155 g/mol. The van der Waals surface area contributed by atoms with Crippen molar-refractivity contribution in [2.45, 2.75) is 13.3 Å². The van der Waals surface area contributed by atoms with Gasteiger partial charge in [0.1, 0.15) is 0 Å². The summed E-state index contributed by atoms with van der Waals surface area (Å²) in [5.41, 5.74) is 7.31. The minimum absolute atomic E-state index is 0.741. The molecule has 54 valence electrons. The zero-order chi connectivity index (χ0) is 7.56. The zero-order valence-corrected chi connectivity index (χ0v) is 6.57. The van der Waals surface area contributed by atoms with E-state index in [1.54, 1.807) is 5.38 Å². The van der Waals surface area contributed by atoms with Gasteiger partial charge in [-0.1, -0.05) is 6.92 Å². The van der Waals surface area contributed by atoms with Gasteiger partial charge in [-0.3, -0.25) is 4.79 Å². The van der Waals surface area contributed by atoms with Gasteiger partial charge in [-0.05, 0) is 12.0 Å². The van der Waals surface area contributed by atoms with E-state index < -0.39 is 0 Å². The summed E-state index contributed by atoms with van der Waals surface area (Å²) < 4.78 is 0. The Balaban J connectivity index is 3.12. The first-order chi connectivity index (χ1) is 4.79. The van der Waals surface area contributed by atoms with Gasteiger partial charge >= 0.3 is 0 Å². The van der Waals surface area contributed by atoms with E-state index in [0.29, 0.717) is 0 Å². The molecule has 0 radical (unpaired) electrons. The molecular formula is C7H9NOS. The molecule has 0 unspecified atom stereocenters. The molecule has 0 spiro atoms. The second kappa shape index (κ2) is 2.84. The fraction of sp³-hybridized carbons (Fsp3) is 0.286. The molecule has 1 aromatic heterocycles. The first-order valence-electron chi connectivity index (χ1n) is 3.10. The van der Waals surface area contributed by atoms with Crippen LogP contribution in [0.3, 0.4) is 0 Å². The van der Waals surface area contributed by atoms with Crippen LogP contribution in [0.25, 0.3) is 0 Å². The Morgan fingerprint density at radius 3 is 2.90 bits per heavy atom. The lowest BCUT2D eigenvalue weighted by Gasteiger charge is -1.92. The zero-order valence-electron chi connectivity index (χ0n) is 5.76. The number of hydrogen-bond acceptors (Lipinski definition) is 3. The van der Waals surface area contributed by atoms with E-state index in [-0.39, 0.29) is 0 Å². The van der Waals surface area contributed by atoms with Gasteiger partial charge < -0.3 is 5.73 Å². The van der Waals surface area contributed by atoms with Crippen molar-refractivity contribution < 1.29 is 4.79 Å². The smallest absolute Gasteiger partial charge is 0.151 e. The molecule has 0 aliphatic carbocycles. The molecular weight excluding hydrogens is 146 g/mol. The molecule has 0 aliphatic rings. The van der Waals surface area contributed by atoms with Crippen LogP contribution in [-0.2, 0) is 6.42 Å². The summed E-state index contributed by atoms with van der Waals surface area (Å²) >= 11 is 1.43. The molecule has 1 aromatic rings. The minimum Gasteiger partial charge on any atom is -0.390 e. The summed E-state index contributed by atoms with van der Waals surface area (Å²) in [6.07, 6.45) is 1.69. The number of carbonyl (C=O) groups is 1. The Bertz CT molecular complexity index is 242. The molecule has 2 nitrogen and oxygen atoms in total. The maximum Gasteiger partial charge on any atom is 0.151 e. The Hall–Kier alpha value is -0.830. The number of nitrogen functional groups attached to an aromatic ring is 1. The van der Waals surface area contributed by atoms with E-state index in [4.69, 9.17) is 5.73 Å². The van der Waals surface area contributed by atoms with Gasteiger partial charge in [-0.25, -0.2) is 0 Å². The SMILES string of the molecule is CCc1c(C=O)csc1N. The third-order valence-corrected chi connectivity index (χ3v) is 2.31. The summed E-state index contributed by atoms with van der Waals surface area (Å²) in [6.45, 7) is 1.99. The highest BCUT2D eigenvalue weighted by Crippen LogP contribution is 2.23. The molecule has 0 aliphatic heterocycles. The lowest BCUT2D eigenvalue weighted by molar-refractivity contribution is 0.112. The highest BCUT2D eigenvalue weighted by Gasteiger charge is 2.04. The molecule has 0 amide bonds. The van der Waals surface area contributed by atoms with Gasteiger partial charge in [0, 0.05) is 10.9 Å². The number of hydrogen-bond donors (Lipinski definition) is 1. The van der Waals surface area contributed by atoms with Gasteiger partial charge in [0.25, 0.3) is 0 Å². The van der Waals surface area contributed by atoms with Gasteiger partial charge in [0.05, 0.1) is 5.00 Å². The van der Waals surface area contributed by atoms with E-state index in [0.717, 1.165) is 28.8 Å². The molecule has 0 fully saturated rings. The lowest BCUT2D eigenvalue weighted by atomic mass is 10.1. The third-order valence-electron chi connectivity index (χ3n) is 1.44. The molecule has 0 saturated heterocycles. The van der Waals surface area contributed by atoms with Crippen molar-refractivity contribution in [1.82, 2.24) is 0 Å². The minimum atomic E-state index is 0.741. The highest BCUT2D eigenvalue weighted by molar-refractivity contribution is 7.14. The number of rotatable bonds is 2. The van der Waals surface area contributed by atoms with Gasteiger partial charge in [-0.15, -0.1) is 11.3 Å². The van der Waals surface area contributed by atoms with Crippen LogP contribution in [0.4, 0.5) is 5.00 Å². The van der Waals surface area contributed by atoms with Crippen LogP contribution in [-0.4, -0.2) is 6.29 Å². The number of thiophene rings is 1. The fourth-order valence-corrected chi connectivity index (χ4v) is 1.74. The van der Waals surface area contributed by atoms with Crippen molar-refractivity contribution in [3.05, 3.63) is 16.5 Å². The molecule has 0 aromatic carbocycles. The summed E-state index contributed by atoms with van der Waals surface area (Å²) in [6, 6.07) is 0. The van der Waals surface area contributed by atoms with Crippen molar-refractivity contribution in [2.75, 3.05) is 5.73 Å². The maximum absolute atomic E-state index is 10.4. The maximum atomic E-state index is 10.4. The number of carbonyl (C=O) groups excluding carboxylic acids is 1. The van der Waals surface area contributed by atoms with Crippen LogP contribution >= 0.6 is 11.3 Å². The largest absolute Gasteiger partial charge is 0.390 e. The number of nitrogens with two attached hydrogens (primary N) is 1. The van der Waals surface area contributed by atoms with E-state index >= 15 is 0 Å². The molecule has 0 bridgehead atoms. The highest BCUT2D eigenvalue weighted by atomic mass is 32.1. The second-order valence-corrected chi connectivity index (χ2v) is 2.92. The Labute approximate surface area is 63.7 Å². The van der Waals surface area contributed by atoms with Crippen LogP contribution in [0.2, 0.25) is 0 Å². The molecule has 1 rings (SSSR count). The van der Waals surface area contributed by atoms with Crippen molar-refractivity contribution in [3.63, 3.8) is 0 Å². The molecule has 0 saturated carbocycles. The first kappa shape index (κ1) is 7.28. The van der Waals surface area contributed by atoms with E-state index in [2.05, 4.69) is 0 Å². The van der Waals surface area contributed by atoms with Crippen molar-refractivity contribution in [1.29, 1.82) is 0 Å². The third kappa shape index (κ3) is 1.04. The summed E-state index contributed by atoms with van der Waals surface area (Å²) in [7, 11) is 0. The summed E-state index contributed by atoms with van der Waals surface area (Å²) in [5, 5.41) is 2.56. The van der Waals surface area contributed by atoms with E-state index in [1.807, 2.05) is 6.92 Å². The van der Waals surface area contributed by atoms with Crippen LogP contribution in [0.15, 0.2) is 5.38 Å². The first-order valence-corrected chi connectivity index (χ1v) is 3.98. The van der Waals surface area contributed by atoms with Crippen LogP contribution in [0.1, 0.15) is 22.8 Å². The topological polar surface area (TPSA) is 43.1 Å². The molecule has 0 atom stereocenters. The van der Waals surface area contributed by atoms with Crippen molar-refractivity contribution >= 4 is 22.6 Å². The Morgan fingerprint density at radius 2 is 2.50 bits per heavy atom. The number of anilines is 1. The lowest BCUT2D eigenvalue weighted by Crippen LogP contribution is -1.89. The molecule has 1 heterocycles. The van der Waals surface area contributed by atoms with E-state index in [1.165, 1.54) is 11.3 Å². The molecule has 10 heavy (non-hydrogen) atoms. The Morgan fingerprint density at radius 1 is 1.80 bits per heavy atom. The second-order valence-electron chi connectivity index (χ2n) is 2.01. The standard InChI is InChI=1S/C7H9NOS/c1-2-6-5(3-9)4-10-7(6)8/h3-4H,2,8H2,1H3. The summed E-state index contributed by atoms with van der Waals surface area (Å²) in [4.78, 5) is 10.4.